The number of hydrogen-bond donors (Lipinski definition) is 1. The maximum atomic E-state index is 5.56. The summed E-state index contributed by atoms with van der Waals surface area (Å²) < 4.78 is 2.10. The summed E-state index contributed by atoms with van der Waals surface area (Å²) in [6.07, 6.45) is 1.85. The van der Waals surface area contributed by atoms with Gasteiger partial charge in [0.25, 0.3) is 0 Å². The van der Waals surface area contributed by atoms with E-state index in [2.05, 4.69) is 26.0 Å². The lowest BCUT2D eigenvalue weighted by Gasteiger charge is -2.00. The van der Waals surface area contributed by atoms with Crippen molar-refractivity contribution >= 4 is 22.4 Å². The van der Waals surface area contributed by atoms with Gasteiger partial charge in [-0.1, -0.05) is 12.1 Å². The molecule has 0 fully saturated rings. The van der Waals surface area contributed by atoms with Crippen molar-refractivity contribution in [3.05, 3.63) is 46.7 Å². The van der Waals surface area contributed by atoms with Crippen molar-refractivity contribution in [2.24, 2.45) is 5.73 Å². The lowest BCUT2D eigenvalue weighted by Crippen LogP contribution is -2.00. The monoisotopic (exact) mass is 244 g/mol. The second kappa shape index (κ2) is 4.27. The van der Waals surface area contributed by atoms with Gasteiger partial charge < -0.3 is 10.3 Å². The van der Waals surface area contributed by atoms with E-state index >= 15 is 0 Å². The molecule has 3 rings (SSSR count). The van der Waals surface area contributed by atoms with Crippen LogP contribution in [-0.2, 0) is 13.1 Å². The molecular formula is C12H12N4S. The predicted octanol–water partition coefficient (Wildman–Crippen LogP) is 2.00. The maximum absolute atomic E-state index is 5.56. The smallest absolute Gasteiger partial charge is 0.107 e. The van der Waals surface area contributed by atoms with Gasteiger partial charge in [-0.3, -0.25) is 0 Å². The minimum absolute atomic E-state index is 0.509. The second-order valence-electron chi connectivity index (χ2n) is 3.80. The molecule has 0 aliphatic heterocycles. The molecule has 1 aromatic carbocycles. The highest BCUT2D eigenvalue weighted by molar-refractivity contribution is 7.09. The van der Waals surface area contributed by atoms with Crippen LogP contribution in [0, 0.1) is 0 Å². The van der Waals surface area contributed by atoms with E-state index in [0.29, 0.717) is 6.54 Å². The highest BCUT2D eigenvalue weighted by atomic mass is 32.1. The molecule has 3 aromatic rings. The summed E-state index contributed by atoms with van der Waals surface area (Å²) in [4.78, 5) is 8.81. The van der Waals surface area contributed by atoms with Crippen molar-refractivity contribution in [3.8, 4) is 0 Å². The van der Waals surface area contributed by atoms with Crippen LogP contribution in [0.4, 0.5) is 0 Å². The SMILES string of the molecule is NCc1nc(Cn2cnc3ccccc32)cs1. The molecule has 2 N–H and O–H groups in total. The van der Waals surface area contributed by atoms with Gasteiger partial charge in [-0.15, -0.1) is 11.3 Å². The molecule has 0 saturated carbocycles. The van der Waals surface area contributed by atoms with Crippen molar-refractivity contribution < 1.29 is 0 Å². The molecule has 0 unspecified atom stereocenters. The van der Waals surface area contributed by atoms with Crippen LogP contribution >= 0.6 is 11.3 Å². The summed E-state index contributed by atoms with van der Waals surface area (Å²) in [6.45, 7) is 1.26. The first kappa shape index (κ1) is 10.4. The van der Waals surface area contributed by atoms with Crippen molar-refractivity contribution in [3.63, 3.8) is 0 Å². The van der Waals surface area contributed by atoms with Crippen LogP contribution in [0.2, 0.25) is 0 Å². The summed E-state index contributed by atoms with van der Waals surface area (Å²) in [7, 11) is 0. The molecule has 0 aliphatic carbocycles. The molecule has 0 spiro atoms. The zero-order chi connectivity index (χ0) is 11.7. The zero-order valence-corrected chi connectivity index (χ0v) is 10.0. The molecule has 2 heterocycles. The molecule has 0 aliphatic rings. The number of rotatable bonds is 3. The summed E-state index contributed by atoms with van der Waals surface area (Å²) in [5.74, 6) is 0. The summed E-state index contributed by atoms with van der Waals surface area (Å²) in [5, 5.41) is 3.03. The molecule has 2 aromatic heterocycles. The van der Waals surface area contributed by atoms with Crippen molar-refractivity contribution in [2.75, 3.05) is 0 Å². The number of thiazole rings is 1. The molecule has 0 bridgehead atoms. The first-order valence-corrected chi connectivity index (χ1v) is 6.28. The van der Waals surface area contributed by atoms with Gasteiger partial charge in [0.1, 0.15) is 5.01 Å². The number of nitrogens with zero attached hydrogens (tertiary/aromatic N) is 3. The van der Waals surface area contributed by atoms with E-state index < -0.39 is 0 Å². The number of imidazole rings is 1. The molecule has 86 valence electrons. The minimum Gasteiger partial charge on any atom is -0.325 e. The molecular weight excluding hydrogens is 232 g/mol. The number of fused-ring (bicyclic) bond motifs is 1. The van der Waals surface area contributed by atoms with E-state index in [1.807, 2.05) is 24.5 Å². The van der Waals surface area contributed by atoms with Crippen LogP contribution in [0.1, 0.15) is 10.7 Å². The van der Waals surface area contributed by atoms with Crippen LogP contribution in [0.3, 0.4) is 0 Å². The van der Waals surface area contributed by atoms with Gasteiger partial charge in [-0.25, -0.2) is 9.97 Å². The number of hydrogen-bond acceptors (Lipinski definition) is 4. The third kappa shape index (κ3) is 1.94. The minimum atomic E-state index is 0.509. The Hall–Kier alpha value is -1.72. The zero-order valence-electron chi connectivity index (χ0n) is 9.21. The molecule has 0 atom stereocenters. The van der Waals surface area contributed by atoms with Crippen LogP contribution in [0.5, 0.6) is 0 Å². The van der Waals surface area contributed by atoms with Crippen molar-refractivity contribution in [1.29, 1.82) is 0 Å². The number of nitrogens with two attached hydrogens (primary N) is 1. The normalized spacial score (nSPS) is 11.1. The number of benzene rings is 1. The number of para-hydroxylation sites is 2. The van der Waals surface area contributed by atoms with Crippen LogP contribution in [0.15, 0.2) is 36.0 Å². The van der Waals surface area contributed by atoms with E-state index in [0.717, 1.165) is 28.3 Å². The summed E-state index contributed by atoms with van der Waals surface area (Å²) >= 11 is 1.61. The molecule has 0 saturated heterocycles. The molecule has 4 nitrogen and oxygen atoms in total. The molecule has 17 heavy (non-hydrogen) atoms. The van der Waals surface area contributed by atoms with Crippen molar-refractivity contribution in [1.82, 2.24) is 14.5 Å². The van der Waals surface area contributed by atoms with Gasteiger partial charge in [-0.2, -0.15) is 0 Å². The Morgan fingerprint density at radius 1 is 1.29 bits per heavy atom. The average Bonchev–Trinajstić information content (AvgIpc) is 2.97. The quantitative estimate of drug-likeness (QED) is 0.766. The summed E-state index contributed by atoms with van der Waals surface area (Å²) in [5.41, 5.74) is 8.75. The topological polar surface area (TPSA) is 56.7 Å². The fourth-order valence-corrected chi connectivity index (χ4v) is 2.49. The van der Waals surface area contributed by atoms with Gasteiger partial charge in [0.15, 0.2) is 0 Å². The van der Waals surface area contributed by atoms with E-state index in [4.69, 9.17) is 5.73 Å². The van der Waals surface area contributed by atoms with Crippen LogP contribution < -0.4 is 5.73 Å². The van der Waals surface area contributed by atoms with E-state index in [-0.39, 0.29) is 0 Å². The maximum Gasteiger partial charge on any atom is 0.107 e. The average molecular weight is 244 g/mol. The van der Waals surface area contributed by atoms with Gasteiger partial charge in [0.05, 0.1) is 29.6 Å². The fraction of sp³-hybridized carbons (Fsp3) is 0.167. The number of aromatic nitrogens is 3. The van der Waals surface area contributed by atoms with E-state index in [9.17, 15) is 0 Å². The second-order valence-corrected chi connectivity index (χ2v) is 4.74. The van der Waals surface area contributed by atoms with Gasteiger partial charge >= 0.3 is 0 Å². The van der Waals surface area contributed by atoms with Gasteiger partial charge in [-0.05, 0) is 12.1 Å². The standard InChI is InChI=1S/C12H12N4S/c13-5-12-15-9(7-17-12)6-16-8-14-10-3-1-2-4-11(10)16/h1-4,7-8H,5-6,13H2. The highest BCUT2D eigenvalue weighted by Gasteiger charge is 2.05. The van der Waals surface area contributed by atoms with Crippen LogP contribution in [0.25, 0.3) is 11.0 Å². The lowest BCUT2D eigenvalue weighted by atomic mass is 10.3. The Labute approximate surface area is 103 Å². The first-order valence-electron chi connectivity index (χ1n) is 5.40. The largest absolute Gasteiger partial charge is 0.325 e. The Morgan fingerprint density at radius 3 is 3.00 bits per heavy atom. The Balaban J connectivity index is 1.94. The first-order chi connectivity index (χ1) is 8.36. The Kier molecular flexibility index (Phi) is 2.62. The Bertz CT molecular complexity index is 641. The third-order valence-corrected chi connectivity index (χ3v) is 3.55. The predicted molar refractivity (Wildman–Crippen MR) is 68.8 cm³/mol. The van der Waals surface area contributed by atoms with E-state index in [1.54, 1.807) is 11.3 Å². The van der Waals surface area contributed by atoms with Crippen molar-refractivity contribution in [2.45, 2.75) is 13.1 Å². The lowest BCUT2D eigenvalue weighted by molar-refractivity contribution is 0.797. The fourth-order valence-electron chi connectivity index (χ4n) is 1.83. The highest BCUT2D eigenvalue weighted by Crippen LogP contribution is 2.15. The van der Waals surface area contributed by atoms with Crippen LogP contribution in [-0.4, -0.2) is 14.5 Å². The summed E-state index contributed by atoms with van der Waals surface area (Å²) in [6, 6.07) is 8.10. The van der Waals surface area contributed by atoms with E-state index in [1.165, 1.54) is 0 Å². The molecule has 0 amide bonds. The molecule has 5 heteroatoms. The molecule has 0 radical (unpaired) electrons. The van der Waals surface area contributed by atoms with Gasteiger partial charge in [0.2, 0.25) is 0 Å². The Morgan fingerprint density at radius 2 is 2.18 bits per heavy atom. The van der Waals surface area contributed by atoms with Gasteiger partial charge in [0, 0.05) is 11.9 Å². The third-order valence-electron chi connectivity index (χ3n) is 2.63.